The van der Waals surface area contributed by atoms with E-state index in [0.29, 0.717) is 5.56 Å². The van der Waals surface area contributed by atoms with E-state index < -0.39 is 12.5 Å². The Bertz CT molecular complexity index is 372. The summed E-state index contributed by atoms with van der Waals surface area (Å²) in [6.07, 6.45) is -4.45. The quantitative estimate of drug-likeness (QED) is 0.743. The number of benzene rings is 1. The molecule has 0 saturated carbocycles. The first-order valence-electron chi connectivity index (χ1n) is 5.41. The van der Waals surface area contributed by atoms with Crippen LogP contribution >= 0.6 is 0 Å². The highest BCUT2D eigenvalue weighted by atomic mass is 19.3. The lowest BCUT2D eigenvalue weighted by molar-refractivity contribution is -0.00441. The smallest absolute Gasteiger partial charge is 0.265 e. The van der Waals surface area contributed by atoms with Crippen LogP contribution in [0.15, 0.2) is 18.2 Å². The molecule has 0 aliphatic rings. The van der Waals surface area contributed by atoms with Crippen molar-refractivity contribution in [1.29, 1.82) is 0 Å². The maximum Gasteiger partial charge on any atom is 0.265 e. The molecule has 2 atom stereocenters. The molecule has 0 aliphatic heterocycles. The van der Waals surface area contributed by atoms with E-state index in [1.807, 2.05) is 13.0 Å². The number of aliphatic hydroxyl groups excluding tert-OH is 1. The van der Waals surface area contributed by atoms with Gasteiger partial charge in [-0.2, -0.15) is 0 Å². The van der Waals surface area contributed by atoms with Gasteiger partial charge in [0, 0.05) is 18.2 Å². The minimum atomic E-state index is -2.76. The zero-order valence-electron chi connectivity index (χ0n) is 9.82. The molecule has 1 aromatic carbocycles. The van der Waals surface area contributed by atoms with Gasteiger partial charge in [-0.05, 0) is 25.5 Å². The molecular formula is C12H17F2NO2. The molecule has 0 radical (unpaired) electrons. The molecule has 0 aromatic heterocycles. The Morgan fingerprint density at radius 1 is 1.35 bits per heavy atom. The number of halogens is 2. The standard InChI is InChI=1S/C12H17F2NO2/c1-7-3-4-9(10(16)5-7)8(2)15-6-11(17)12(13)14/h3-5,8,11-12,15-17H,6H2,1-2H3. The highest BCUT2D eigenvalue weighted by Gasteiger charge is 2.18. The fraction of sp³-hybridized carbons (Fsp3) is 0.500. The molecule has 0 fully saturated rings. The number of alkyl halides is 2. The van der Waals surface area contributed by atoms with Gasteiger partial charge >= 0.3 is 0 Å². The number of nitrogens with one attached hydrogen (secondary N) is 1. The molecule has 3 N–H and O–H groups in total. The van der Waals surface area contributed by atoms with Crippen LogP contribution in [-0.4, -0.2) is 29.3 Å². The number of aliphatic hydroxyl groups is 1. The summed E-state index contributed by atoms with van der Waals surface area (Å²) in [4.78, 5) is 0. The molecule has 0 amide bonds. The molecule has 0 spiro atoms. The van der Waals surface area contributed by atoms with Crippen molar-refractivity contribution in [3.63, 3.8) is 0 Å². The summed E-state index contributed by atoms with van der Waals surface area (Å²) in [6, 6.07) is 4.87. The van der Waals surface area contributed by atoms with Gasteiger partial charge in [-0.25, -0.2) is 8.78 Å². The van der Waals surface area contributed by atoms with Crippen LogP contribution in [-0.2, 0) is 0 Å². The molecule has 3 nitrogen and oxygen atoms in total. The molecule has 0 heterocycles. The predicted molar refractivity (Wildman–Crippen MR) is 61.3 cm³/mol. The van der Waals surface area contributed by atoms with Gasteiger partial charge in [0.2, 0.25) is 0 Å². The summed E-state index contributed by atoms with van der Waals surface area (Å²) in [7, 11) is 0. The van der Waals surface area contributed by atoms with Crippen molar-refractivity contribution >= 4 is 0 Å². The highest BCUT2D eigenvalue weighted by Crippen LogP contribution is 2.24. The number of aryl methyl sites for hydroxylation is 1. The van der Waals surface area contributed by atoms with E-state index in [0.717, 1.165) is 5.56 Å². The van der Waals surface area contributed by atoms with Crippen LogP contribution in [0.5, 0.6) is 5.75 Å². The fourth-order valence-electron chi connectivity index (χ4n) is 1.52. The summed E-state index contributed by atoms with van der Waals surface area (Å²) < 4.78 is 24.1. The van der Waals surface area contributed by atoms with Gasteiger partial charge in [0.15, 0.2) is 0 Å². The Kier molecular flexibility index (Phi) is 4.84. The number of hydrogen-bond donors (Lipinski definition) is 3. The SMILES string of the molecule is Cc1ccc(C(C)NCC(O)C(F)F)c(O)c1. The molecule has 96 valence electrons. The van der Waals surface area contributed by atoms with Gasteiger partial charge in [0.1, 0.15) is 11.9 Å². The van der Waals surface area contributed by atoms with Crippen LogP contribution in [0, 0.1) is 6.92 Å². The van der Waals surface area contributed by atoms with E-state index in [1.54, 1.807) is 19.1 Å². The number of aromatic hydroxyl groups is 1. The van der Waals surface area contributed by atoms with E-state index in [1.165, 1.54) is 0 Å². The van der Waals surface area contributed by atoms with E-state index in [2.05, 4.69) is 5.32 Å². The predicted octanol–water partition coefficient (Wildman–Crippen LogP) is 1.98. The van der Waals surface area contributed by atoms with Crippen molar-refractivity contribution in [2.45, 2.75) is 32.4 Å². The average molecular weight is 245 g/mol. The maximum absolute atomic E-state index is 12.1. The summed E-state index contributed by atoms with van der Waals surface area (Å²) >= 11 is 0. The van der Waals surface area contributed by atoms with Gasteiger partial charge in [-0.3, -0.25) is 0 Å². The molecule has 1 aromatic rings. The first-order chi connectivity index (χ1) is 7.91. The van der Waals surface area contributed by atoms with Crippen molar-refractivity contribution in [2.24, 2.45) is 0 Å². The molecule has 0 bridgehead atoms. The minimum Gasteiger partial charge on any atom is -0.508 e. The zero-order chi connectivity index (χ0) is 13.0. The van der Waals surface area contributed by atoms with E-state index in [4.69, 9.17) is 5.11 Å². The largest absolute Gasteiger partial charge is 0.508 e. The van der Waals surface area contributed by atoms with Crippen molar-refractivity contribution in [1.82, 2.24) is 5.32 Å². The lowest BCUT2D eigenvalue weighted by atomic mass is 10.0. The molecule has 17 heavy (non-hydrogen) atoms. The lowest BCUT2D eigenvalue weighted by Gasteiger charge is -2.18. The van der Waals surface area contributed by atoms with E-state index >= 15 is 0 Å². The van der Waals surface area contributed by atoms with Gasteiger partial charge in [-0.15, -0.1) is 0 Å². The lowest BCUT2D eigenvalue weighted by Crippen LogP contribution is -2.33. The second-order valence-electron chi connectivity index (χ2n) is 4.09. The number of phenolic OH excluding ortho intramolecular Hbond substituents is 1. The van der Waals surface area contributed by atoms with Crippen molar-refractivity contribution in [3.8, 4) is 5.75 Å². The van der Waals surface area contributed by atoms with Crippen LogP contribution < -0.4 is 5.32 Å². The Labute approximate surface area is 99.1 Å². The third kappa shape index (κ3) is 3.94. The Balaban J connectivity index is 2.61. The van der Waals surface area contributed by atoms with E-state index in [9.17, 15) is 13.9 Å². The van der Waals surface area contributed by atoms with Gasteiger partial charge < -0.3 is 15.5 Å². The molecule has 1 rings (SSSR count). The summed E-state index contributed by atoms with van der Waals surface area (Å²) in [5, 5.41) is 21.4. The summed E-state index contributed by atoms with van der Waals surface area (Å²) in [5.41, 5.74) is 1.54. The summed E-state index contributed by atoms with van der Waals surface area (Å²) in [5.74, 6) is 0.122. The fourth-order valence-corrected chi connectivity index (χ4v) is 1.52. The van der Waals surface area contributed by atoms with Crippen LogP contribution in [0.1, 0.15) is 24.1 Å². The van der Waals surface area contributed by atoms with Crippen molar-refractivity contribution in [3.05, 3.63) is 29.3 Å². The van der Waals surface area contributed by atoms with Crippen LogP contribution in [0.3, 0.4) is 0 Å². The first kappa shape index (κ1) is 13.9. The highest BCUT2D eigenvalue weighted by molar-refractivity contribution is 5.37. The number of rotatable bonds is 5. The maximum atomic E-state index is 12.1. The second kappa shape index (κ2) is 5.93. The second-order valence-corrected chi connectivity index (χ2v) is 4.09. The van der Waals surface area contributed by atoms with Crippen molar-refractivity contribution < 1.29 is 19.0 Å². The van der Waals surface area contributed by atoms with Crippen LogP contribution in [0.4, 0.5) is 8.78 Å². The van der Waals surface area contributed by atoms with Gasteiger partial charge in [-0.1, -0.05) is 12.1 Å². The number of hydrogen-bond acceptors (Lipinski definition) is 3. The third-order valence-corrected chi connectivity index (χ3v) is 2.58. The van der Waals surface area contributed by atoms with Gasteiger partial charge in [0.25, 0.3) is 6.43 Å². The monoisotopic (exact) mass is 245 g/mol. The molecular weight excluding hydrogens is 228 g/mol. The van der Waals surface area contributed by atoms with Crippen molar-refractivity contribution in [2.75, 3.05) is 6.54 Å². The topological polar surface area (TPSA) is 52.5 Å². The first-order valence-corrected chi connectivity index (χ1v) is 5.41. The Morgan fingerprint density at radius 3 is 2.53 bits per heavy atom. The molecule has 5 heteroatoms. The normalized spacial score (nSPS) is 14.9. The van der Waals surface area contributed by atoms with Crippen LogP contribution in [0.2, 0.25) is 0 Å². The number of phenols is 1. The molecule has 2 unspecified atom stereocenters. The zero-order valence-corrected chi connectivity index (χ0v) is 9.82. The molecule has 0 aliphatic carbocycles. The minimum absolute atomic E-state index is 0.122. The van der Waals surface area contributed by atoms with Crippen LogP contribution in [0.25, 0.3) is 0 Å². The van der Waals surface area contributed by atoms with Gasteiger partial charge in [0.05, 0.1) is 0 Å². The summed E-state index contributed by atoms with van der Waals surface area (Å²) in [6.45, 7) is 3.37. The van der Waals surface area contributed by atoms with E-state index in [-0.39, 0.29) is 18.3 Å². The molecule has 0 saturated heterocycles. The Hall–Kier alpha value is -1.20. The average Bonchev–Trinajstić information content (AvgIpc) is 2.25. The Morgan fingerprint density at radius 2 is 2.00 bits per heavy atom. The third-order valence-electron chi connectivity index (χ3n) is 2.58.